The highest BCUT2D eigenvalue weighted by atomic mass is 79.9. The molecule has 0 bridgehead atoms. The van der Waals surface area contributed by atoms with Crippen molar-refractivity contribution < 1.29 is 14.3 Å². The van der Waals surface area contributed by atoms with Crippen LogP contribution in [0, 0.1) is 5.92 Å². The first-order chi connectivity index (χ1) is 10.2. The standard InChI is InChI=1S/C16H20BrNO3/c1-2-14-13(4-6-20-14)16(19)18-9-11-8-12(17)7-10-3-5-21-15(10)11/h7-8,13-14H,2-6,9H2,1H3,(H,18,19). The molecule has 2 unspecified atom stereocenters. The van der Waals surface area contributed by atoms with Gasteiger partial charge < -0.3 is 14.8 Å². The number of amides is 1. The van der Waals surface area contributed by atoms with Gasteiger partial charge in [0.15, 0.2) is 0 Å². The van der Waals surface area contributed by atoms with Crippen molar-refractivity contribution in [2.24, 2.45) is 5.92 Å². The molecule has 2 heterocycles. The third-order valence-corrected chi connectivity index (χ3v) is 4.68. The highest BCUT2D eigenvalue weighted by molar-refractivity contribution is 9.10. The summed E-state index contributed by atoms with van der Waals surface area (Å²) < 4.78 is 12.3. The molecule has 4 nitrogen and oxygen atoms in total. The molecule has 2 atom stereocenters. The fourth-order valence-corrected chi connectivity index (χ4v) is 3.69. The quantitative estimate of drug-likeness (QED) is 0.905. The van der Waals surface area contributed by atoms with Crippen molar-refractivity contribution >= 4 is 21.8 Å². The van der Waals surface area contributed by atoms with E-state index in [1.807, 2.05) is 6.07 Å². The molecule has 2 aliphatic rings. The summed E-state index contributed by atoms with van der Waals surface area (Å²) in [7, 11) is 0. The number of hydrogen-bond donors (Lipinski definition) is 1. The Morgan fingerprint density at radius 3 is 3.10 bits per heavy atom. The number of halogens is 1. The molecule has 1 saturated heterocycles. The normalized spacial score (nSPS) is 23.7. The maximum atomic E-state index is 12.3. The topological polar surface area (TPSA) is 47.6 Å². The van der Waals surface area contributed by atoms with Crippen LogP contribution in [0.5, 0.6) is 5.75 Å². The highest BCUT2D eigenvalue weighted by Crippen LogP contribution is 2.33. The van der Waals surface area contributed by atoms with Crippen molar-refractivity contribution in [2.75, 3.05) is 13.2 Å². The van der Waals surface area contributed by atoms with Gasteiger partial charge >= 0.3 is 0 Å². The van der Waals surface area contributed by atoms with Gasteiger partial charge in [-0.05, 0) is 30.5 Å². The van der Waals surface area contributed by atoms with Crippen LogP contribution in [-0.4, -0.2) is 25.2 Å². The predicted molar refractivity (Wildman–Crippen MR) is 83.3 cm³/mol. The van der Waals surface area contributed by atoms with E-state index >= 15 is 0 Å². The van der Waals surface area contributed by atoms with Gasteiger partial charge in [0.25, 0.3) is 0 Å². The molecule has 0 spiro atoms. The SMILES string of the molecule is CCC1OCCC1C(=O)NCc1cc(Br)cc2c1OCC2. The average molecular weight is 354 g/mol. The third-order valence-electron chi connectivity index (χ3n) is 4.23. The second kappa shape index (κ2) is 6.36. The Labute approximate surface area is 133 Å². The van der Waals surface area contributed by atoms with E-state index in [1.165, 1.54) is 5.56 Å². The number of ether oxygens (including phenoxy) is 2. The van der Waals surface area contributed by atoms with Crippen LogP contribution < -0.4 is 10.1 Å². The smallest absolute Gasteiger partial charge is 0.226 e. The number of nitrogens with one attached hydrogen (secondary N) is 1. The molecular weight excluding hydrogens is 334 g/mol. The lowest BCUT2D eigenvalue weighted by Crippen LogP contribution is -2.34. The summed E-state index contributed by atoms with van der Waals surface area (Å²) in [6.07, 6.45) is 2.70. The van der Waals surface area contributed by atoms with Crippen LogP contribution in [0.1, 0.15) is 30.9 Å². The lowest BCUT2D eigenvalue weighted by molar-refractivity contribution is -0.126. The number of hydrogen-bond acceptors (Lipinski definition) is 3. The maximum absolute atomic E-state index is 12.3. The van der Waals surface area contributed by atoms with E-state index in [9.17, 15) is 4.79 Å². The third kappa shape index (κ3) is 3.09. The van der Waals surface area contributed by atoms with Crippen LogP contribution in [0.2, 0.25) is 0 Å². The van der Waals surface area contributed by atoms with Crippen LogP contribution >= 0.6 is 15.9 Å². The molecule has 21 heavy (non-hydrogen) atoms. The fourth-order valence-electron chi connectivity index (χ4n) is 3.14. The van der Waals surface area contributed by atoms with E-state index in [1.54, 1.807) is 0 Å². The molecule has 0 aliphatic carbocycles. The number of fused-ring (bicyclic) bond motifs is 1. The minimum absolute atomic E-state index is 0.0175. The zero-order valence-corrected chi connectivity index (χ0v) is 13.7. The Morgan fingerprint density at radius 1 is 1.43 bits per heavy atom. The molecule has 2 aliphatic heterocycles. The van der Waals surface area contributed by atoms with Crippen LogP contribution in [0.4, 0.5) is 0 Å². The summed E-state index contributed by atoms with van der Waals surface area (Å²) in [6, 6.07) is 4.11. The fraction of sp³-hybridized carbons (Fsp3) is 0.562. The van der Waals surface area contributed by atoms with Crippen molar-refractivity contribution in [3.63, 3.8) is 0 Å². The van der Waals surface area contributed by atoms with E-state index in [4.69, 9.17) is 9.47 Å². The van der Waals surface area contributed by atoms with E-state index in [0.29, 0.717) is 13.2 Å². The zero-order chi connectivity index (χ0) is 14.8. The number of carbonyl (C=O) groups is 1. The van der Waals surface area contributed by atoms with Crippen molar-refractivity contribution in [1.82, 2.24) is 5.32 Å². The second-order valence-electron chi connectivity index (χ2n) is 5.58. The Kier molecular flexibility index (Phi) is 4.50. The largest absolute Gasteiger partial charge is 0.493 e. The van der Waals surface area contributed by atoms with Gasteiger partial charge in [0, 0.05) is 29.6 Å². The van der Waals surface area contributed by atoms with E-state index in [-0.39, 0.29) is 17.9 Å². The number of rotatable bonds is 4. The van der Waals surface area contributed by atoms with Gasteiger partial charge in [-0.15, -0.1) is 0 Å². The van der Waals surface area contributed by atoms with Crippen LogP contribution in [0.25, 0.3) is 0 Å². The van der Waals surface area contributed by atoms with E-state index in [0.717, 1.165) is 41.7 Å². The molecule has 1 fully saturated rings. The molecule has 1 aromatic carbocycles. The van der Waals surface area contributed by atoms with Crippen LogP contribution in [0.3, 0.4) is 0 Å². The minimum Gasteiger partial charge on any atom is -0.493 e. The molecular formula is C16H20BrNO3. The zero-order valence-electron chi connectivity index (χ0n) is 12.2. The van der Waals surface area contributed by atoms with Gasteiger partial charge in [0.1, 0.15) is 5.75 Å². The minimum atomic E-state index is -0.0175. The van der Waals surface area contributed by atoms with Crippen molar-refractivity contribution in [2.45, 2.75) is 38.8 Å². The Morgan fingerprint density at radius 2 is 2.29 bits per heavy atom. The first kappa shape index (κ1) is 14.9. The molecule has 0 saturated carbocycles. The van der Waals surface area contributed by atoms with Gasteiger partial charge in [-0.3, -0.25) is 4.79 Å². The summed E-state index contributed by atoms with van der Waals surface area (Å²) in [4.78, 5) is 12.3. The highest BCUT2D eigenvalue weighted by Gasteiger charge is 2.32. The Bertz CT molecular complexity index is 547. The maximum Gasteiger partial charge on any atom is 0.226 e. The van der Waals surface area contributed by atoms with Crippen molar-refractivity contribution in [3.8, 4) is 5.75 Å². The first-order valence-electron chi connectivity index (χ1n) is 7.52. The summed E-state index contributed by atoms with van der Waals surface area (Å²) >= 11 is 3.52. The number of benzene rings is 1. The summed E-state index contributed by atoms with van der Waals surface area (Å²) in [5.74, 6) is 1.01. The molecule has 5 heteroatoms. The molecule has 114 valence electrons. The lowest BCUT2D eigenvalue weighted by Gasteiger charge is -2.17. The van der Waals surface area contributed by atoms with E-state index < -0.39 is 0 Å². The number of carbonyl (C=O) groups excluding carboxylic acids is 1. The van der Waals surface area contributed by atoms with Gasteiger partial charge in [0.2, 0.25) is 5.91 Å². The van der Waals surface area contributed by atoms with Gasteiger partial charge in [-0.2, -0.15) is 0 Å². The van der Waals surface area contributed by atoms with Crippen LogP contribution in [-0.2, 0) is 22.5 Å². The molecule has 0 radical (unpaired) electrons. The van der Waals surface area contributed by atoms with Gasteiger partial charge in [0.05, 0.1) is 18.6 Å². The molecule has 3 rings (SSSR count). The van der Waals surface area contributed by atoms with Gasteiger partial charge in [-0.25, -0.2) is 0 Å². The predicted octanol–water partition coefficient (Wildman–Crippen LogP) is 2.82. The monoisotopic (exact) mass is 353 g/mol. The lowest BCUT2D eigenvalue weighted by atomic mass is 9.98. The second-order valence-corrected chi connectivity index (χ2v) is 6.50. The Balaban J connectivity index is 1.67. The van der Waals surface area contributed by atoms with Crippen molar-refractivity contribution in [3.05, 3.63) is 27.7 Å². The summed E-state index contributed by atoms with van der Waals surface area (Å²) in [5, 5.41) is 3.04. The molecule has 1 aromatic rings. The molecule has 1 N–H and O–H groups in total. The molecule has 0 aromatic heterocycles. The summed E-state index contributed by atoms with van der Waals surface area (Å²) in [6.45, 7) is 3.98. The van der Waals surface area contributed by atoms with Crippen LogP contribution in [0.15, 0.2) is 16.6 Å². The van der Waals surface area contributed by atoms with E-state index in [2.05, 4.69) is 34.2 Å². The summed E-state index contributed by atoms with van der Waals surface area (Å²) in [5.41, 5.74) is 2.25. The average Bonchev–Trinajstić information content (AvgIpc) is 3.12. The van der Waals surface area contributed by atoms with Gasteiger partial charge in [-0.1, -0.05) is 22.9 Å². The Hall–Kier alpha value is -1.07. The first-order valence-corrected chi connectivity index (χ1v) is 8.31. The van der Waals surface area contributed by atoms with Crippen molar-refractivity contribution in [1.29, 1.82) is 0 Å². The molecule has 1 amide bonds.